The minimum absolute atomic E-state index is 0.000459. The summed E-state index contributed by atoms with van der Waals surface area (Å²) in [7, 11) is 0. The zero-order chi connectivity index (χ0) is 30.0. The second kappa shape index (κ2) is 15.4. The van der Waals surface area contributed by atoms with Crippen molar-refractivity contribution in [2.75, 3.05) is 17.6 Å². The van der Waals surface area contributed by atoms with E-state index in [1.54, 1.807) is 23.1 Å². The van der Waals surface area contributed by atoms with Crippen molar-refractivity contribution < 1.29 is 24.2 Å². The van der Waals surface area contributed by atoms with Crippen LogP contribution in [0, 0.1) is 0 Å². The van der Waals surface area contributed by atoms with Crippen LogP contribution in [0.25, 0.3) is 10.2 Å². The molecule has 226 valence electrons. The van der Waals surface area contributed by atoms with Gasteiger partial charge in [-0.05, 0) is 48.2 Å². The number of aromatic nitrogens is 1. The summed E-state index contributed by atoms with van der Waals surface area (Å²) in [6.07, 6.45) is 2.84. The number of benzene rings is 3. The number of nitrogens with one attached hydrogen (secondary N) is 2. The Morgan fingerprint density at radius 2 is 1.74 bits per heavy atom. The van der Waals surface area contributed by atoms with Crippen molar-refractivity contribution in [2.24, 2.45) is 0 Å². The van der Waals surface area contributed by atoms with Crippen LogP contribution in [-0.2, 0) is 25.7 Å². The van der Waals surface area contributed by atoms with E-state index in [4.69, 9.17) is 14.5 Å². The van der Waals surface area contributed by atoms with Gasteiger partial charge in [-0.25, -0.2) is 4.98 Å². The molecule has 1 saturated heterocycles. The number of carbonyl (C=O) groups is 2. The minimum atomic E-state index is -0.564. The summed E-state index contributed by atoms with van der Waals surface area (Å²) in [5.41, 5.74) is 4.51. The third kappa shape index (κ3) is 9.11. The van der Waals surface area contributed by atoms with Gasteiger partial charge in [-0.3, -0.25) is 9.59 Å². The number of hydrogen-bond donors (Lipinski definition) is 3. The standard InChI is InChI=1S/C33H37N3O5S2/c1-22(38)34-18-6-2-3-9-31(39)35-26-16-14-25(15-17-26)32-40-27(19-29(41-32)24-12-10-23(20-37)11-13-24)21-42-33-36-28-7-4-5-8-30(28)43-33/h4-5,7-8,10-17,27,29,32,37H,2-3,6,9,18-21H2,1H3,(H,34,38)(H,35,39)/t27-,29+,32+/m0/s1. The highest BCUT2D eigenvalue weighted by molar-refractivity contribution is 8.01. The van der Waals surface area contributed by atoms with Gasteiger partial charge in [0.2, 0.25) is 11.8 Å². The van der Waals surface area contributed by atoms with E-state index in [-0.39, 0.29) is 30.6 Å². The number of unbranched alkanes of at least 4 members (excludes halogenated alkanes) is 2. The number of carbonyl (C=O) groups excluding carboxylic acids is 2. The Labute approximate surface area is 260 Å². The van der Waals surface area contributed by atoms with Crippen LogP contribution in [0.4, 0.5) is 5.69 Å². The summed E-state index contributed by atoms with van der Waals surface area (Å²) in [5, 5.41) is 15.2. The first-order valence-corrected chi connectivity index (χ1v) is 16.4. The Balaban J connectivity index is 1.20. The van der Waals surface area contributed by atoms with Gasteiger partial charge >= 0.3 is 0 Å². The zero-order valence-corrected chi connectivity index (χ0v) is 25.8. The zero-order valence-electron chi connectivity index (χ0n) is 24.2. The first-order chi connectivity index (χ1) is 21.0. The van der Waals surface area contributed by atoms with E-state index < -0.39 is 6.29 Å². The molecule has 10 heteroatoms. The number of thioether (sulfide) groups is 1. The van der Waals surface area contributed by atoms with Gasteiger partial charge in [0.1, 0.15) is 0 Å². The SMILES string of the molecule is CC(=O)NCCCCCC(=O)Nc1ccc([C@@H]2O[C@H](CSc3nc4ccccc4s3)C[C@H](c3ccc(CO)cc3)O2)cc1. The lowest BCUT2D eigenvalue weighted by Crippen LogP contribution is -2.31. The molecular formula is C33H37N3O5S2. The van der Waals surface area contributed by atoms with E-state index in [0.29, 0.717) is 19.4 Å². The number of fused-ring (bicyclic) bond motifs is 1. The Morgan fingerprint density at radius 3 is 2.49 bits per heavy atom. The van der Waals surface area contributed by atoms with Crippen LogP contribution in [0.15, 0.2) is 77.1 Å². The smallest absolute Gasteiger partial charge is 0.224 e. The lowest BCUT2D eigenvalue weighted by molar-refractivity contribution is -0.245. The highest BCUT2D eigenvalue weighted by Crippen LogP contribution is 2.40. The molecule has 1 fully saturated rings. The summed E-state index contributed by atoms with van der Waals surface area (Å²) >= 11 is 3.39. The number of anilines is 1. The van der Waals surface area contributed by atoms with Crippen molar-refractivity contribution in [3.63, 3.8) is 0 Å². The maximum absolute atomic E-state index is 12.4. The average Bonchev–Trinajstić information content (AvgIpc) is 3.45. The molecule has 0 aliphatic carbocycles. The summed E-state index contributed by atoms with van der Waals surface area (Å²) in [4.78, 5) is 28.1. The summed E-state index contributed by atoms with van der Waals surface area (Å²) in [6.45, 7) is 2.14. The number of ether oxygens (including phenoxy) is 2. The molecule has 4 aromatic rings. The third-order valence-electron chi connectivity index (χ3n) is 7.20. The van der Waals surface area contributed by atoms with E-state index in [1.807, 2.05) is 66.7 Å². The lowest BCUT2D eigenvalue weighted by Gasteiger charge is -2.36. The Morgan fingerprint density at radius 1 is 0.977 bits per heavy atom. The summed E-state index contributed by atoms with van der Waals surface area (Å²) < 4.78 is 15.1. The molecule has 1 aliphatic heterocycles. The van der Waals surface area contributed by atoms with Crippen LogP contribution >= 0.6 is 23.1 Å². The molecule has 2 amide bonds. The van der Waals surface area contributed by atoms with E-state index in [1.165, 1.54) is 11.6 Å². The third-order valence-corrected chi connectivity index (χ3v) is 9.51. The molecule has 5 rings (SSSR count). The van der Waals surface area contributed by atoms with Crippen molar-refractivity contribution in [3.8, 4) is 0 Å². The van der Waals surface area contributed by atoms with Gasteiger partial charge in [0, 0.05) is 43.3 Å². The van der Waals surface area contributed by atoms with Crippen LogP contribution in [-0.4, -0.2) is 40.3 Å². The fraction of sp³-hybridized carbons (Fsp3) is 0.364. The average molecular weight is 620 g/mol. The molecule has 0 unspecified atom stereocenters. The first kappa shape index (κ1) is 31.2. The van der Waals surface area contributed by atoms with Gasteiger partial charge < -0.3 is 25.2 Å². The molecule has 3 aromatic carbocycles. The van der Waals surface area contributed by atoms with Crippen LogP contribution in [0.1, 0.15) is 68.1 Å². The van der Waals surface area contributed by atoms with Crippen LogP contribution in [0.5, 0.6) is 0 Å². The number of aliphatic hydroxyl groups excluding tert-OH is 1. The first-order valence-electron chi connectivity index (χ1n) is 14.6. The molecule has 43 heavy (non-hydrogen) atoms. The molecule has 0 radical (unpaired) electrons. The van der Waals surface area contributed by atoms with E-state index in [9.17, 15) is 14.7 Å². The van der Waals surface area contributed by atoms with Crippen molar-refractivity contribution in [2.45, 2.75) is 68.5 Å². The fourth-order valence-corrected chi connectivity index (χ4v) is 7.01. The fourth-order valence-electron chi connectivity index (χ4n) is 4.90. The number of nitrogens with zero attached hydrogens (tertiary/aromatic N) is 1. The molecular weight excluding hydrogens is 583 g/mol. The number of para-hydroxylation sites is 1. The Kier molecular flexibility index (Phi) is 11.2. The number of amides is 2. The van der Waals surface area contributed by atoms with Crippen LogP contribution in [0.3, 0.4) is 0 Å². The number of thiazole rings is 1. The topological polar surface area (TPSA) is 110 Å². The Hall–Kier alpha value is -3.28. The summed E-state index contributed by atoms with van der Waals surface area (Å²) in [6, 6.07) is 23.6. The lowest BCUT2D eigenvalue weighted by atomic mass is 10.0. The predicted molar refractivity (Wildman–Crippen MR) is 171 cm³/mol. The normalized spacial score (nSPS) is 18.4. The van der Waals surface area contributed by atoms with Crippen LogP contribution in [0.2, 0.25) is 0 Å². The molecule has 8 nitrogen and oxygen atoms in total. The van der Waals surface area contributed by atoms with Crippen molar-refractivity contribution in [3.05, 3.63) is 89.5 Å². The summed E-state index contributed by atoms with van der Waals surface area (Å²) in [5.74, 6) is 0.677. The molecule has 0 bridgehead atoms. The van der Waals surface area contributed by atoms with Gasteiger partial charge in [-0.2, -0.15) is 0 Å². The molecule has 3 atom stereocenters. The van der Waals surface area contributed by atoms with Gasteiger partial charge in [-0.1, -0.05) is 66.7 Å². The molecule has 1 aromatic heterocycles. The van der Waals surface area contributed by atoms with Crippen molar-refractivity contribution in [1.82, 2.24) is 10.3 Å². The molecule has 0 saturated carbocycles. The molecule has 3 N–H and O–H groups in total. The quantitative estimate of drug-likeness (QED) is 0.112. The van der Waals surface area contributed by atoms with E-state index in [2.05, 4.69) is 16.7 Å². The predicted octanol–water partition coefficient (Wildman–Crippen LogP) is 6.76. The Bertz CT molecular complexity index is 1460. The largest absolute Gasteiger partial charge is 0.392 e. The molecule has 1 aliphatic rings. The minimum Gasteiger partial charge on any atom is -0.392 e. The maximum Gasteiger partial charge on any atom is 0.224 e. The number of rotatable bonds is 13. The number of hydrogen-bond acceptors (Lipinski definition) is 8. The van der Waals surface area contributed by atoms with Gasteiger partial charge in [-0.15, -0.1) is 11.3 Å². The maximum atomic E-state index is 12.4. The second-order valence-corrected chi connectivity index (χ2v) is 12.9. The monoisotopic (exact) mass is 619 g/mol. The van der Waals surface area contributed by atoms with Crippen LogP contribution < -0.4 is 10.6 Å². The highest BCUT2D eigenvalue weighted by atomic mass is 32.2. The second-order valence-electron chi connectivity index (χ2n) is 10.6. The van der Waals surface area contributed by atoms with Gasteiger partial charge in [0.15, 0.2) is 10.6 Å². The van der Waals surface area contributed by atoms with Crippen molar-refractivity contribution >= 4 is 50.8 Å². The highest BCUT2D eigenvalue weighted by Gasteiger charge is 2.32. The van der Waals surface area contributed by atoms with E-state index >= 15 is 0 Å². The molecule has 0 spiro atoms. The van der Waals surface area contributed by atoms with Gasteiger partial charge in [0.05, 0.1) is 29.0 Å². The molecule has 2 heterocycles. The number of aliphatic hydroxyl groups is 1. The van der Waals surface area contributed by atoms with Crippen molar-refractivity contribution in [1.29, 1.82) is 0 Å². The van der Waals surface area contributed by atoms with Gasteiger partial charge in [0.25, 0.3) is 0 Å². The van der Waals surface area contributed by atoms with E-state index in [0.717, 1.165) is 57.2 Å².